The summed E-state index contributed by atoms with van der Waals surface area (Å²) in [6.45, 7) is 6.94. The first kappa shape index (κ1) is 18.8. The molecule has 7 nitrogen and oxygen atoms in total. The lowest BCUT2D eigenvalue weighted by Gasteiger charge is -2.41. The number of rotatable bonds is 2. The van der Waals surface area contributed by atoms with Crippen LogP contribution < -0.4 is 10.2 Å². The van der Waals surface area contributed by atoms with E-state index < -0.39 is 28.7 Å². The van der Waals surface area contributed by atoms with Crippen LogP contribution in [0.1, 0.15) is 40.9 Å². The monoisotopic (exact) mass is 374 g/mol. The highest BCUT2D eigenvalue weighted by Gasteiger charge is 2.51. The molecule has 27 heavy (non-hydrogen) atoms. The summed E-state index contributed by atoms with van der Waals surface area (Å²) in [7, 11) is 1.26. The molecule has 0 bridgehead atoms. The van der Waals surface area contributed by atoms with E-state index in [1.54, 1.807) is 20.8 Å². The predicted octanol–water partition coefficient (Wildman–Crippen LogP) is 2.63. The zero-order valence-corrected chi connectivity index (χ0v) is 15.9. The van der Waals surface area contributed by atoms with Crippen LogP contribution in [0.3, 0.4) is 0 Å². The van der Waals surface area contributed by atoms with E-state index in [-0.39, 0.29) is 17.9 Å². The third-order valence-electron chi connectivity index (χ3n) is 5.49. The van der Waals surface area contributed by atoms with Crippen molar-refractivity contribution < 1.29 is 28.9 Å². The van der Waals surface area contributed by atoms with Gasteiger partial charge < -0.3 is 24.1 Å². The van der Waals surface area contributed by atoms with Crippen LogP contribution in [-0.2, 0) is 16.0 Å². The summed E-state index contributed by atoms with van der Waals surface area (Å²) < 4.78 is 16.5. The van der Waals surface area contributed by atoms with Gasteiger partial charge in [0.05, 0.1) is 13.0 Å². The molecule has 2 unspecified atom stereocenters. The van der Waals surface area contributed by atoms with Crippen molar-refractivity contribution in [1.29, 1.82) is 0 Å². The maximum Gasteiger partial charge on any atom is 0.350 e. The molecule has 0 saturated heterocycles. The van der Waals surface area contributed by atoms with Crippen molar-refractivity contribution in [3.63, 3.8) is 0 Å². The van der Waals surface area contributed by atoms with Gasteiger partial charge in [-0.3, -0.25) is 4.79 Å². The highest BCUT2D eigenvalue weighted by atomic mass is 16.6. The standard InChI is InChI=1S/C20H22O7/c1-9-10(2)18-12(11(3)17(9)23)6-13(20(4,27-18)19(24)25-5)16-7-14(21)15(22)8-26-16/h7-8,13,22-23H,6H2,1-5H3. The van der Waals surface area contributed by atoms with Crippen LogP contribution in [0.2, 0.25) is 0 Å². The lowest BCUT2D eigenvalue weighted by molar-refractivity contribution is -0.161. The molecule has 2 heterocycles. The molecule has 0 amide bonds. The van der Waals surface area contributed by atoms with Gasteiger partial charge in [0.15, 0.2) is 5.75 Å². The molecule has 1 aromatic heterocycles. The number of esters is 1. The number of phenolic OH excluding ortho intramolecular Hbond substituents is 1. The highest BCUT2D eigenvalue weighted by molar-refractivity contribution is 5.82. The van der Waals surface area contributed by atoms with Crippen LogP contribution in [0.5, 0.6) is 17.2 Å². The van der Waals surface area contributed by atoms with Crippen molar-refractivity contribution in [1.82, 2.24) is 0 Å². The molecule has 144 valence electrons. The summed E-state index contributed by atoms with van der Waals surface area (Å²) >= 11 is 0. The smallest absolute Gasteiger partial charge is 0.350 e. The van der Waals surface area contributed by atoms with Gasteiger partial charge in [-0.25, -0.2) is 4.79 Å². The fourth-order valence-corrected chi connectivity index (χ4v) is 3.60. The van der Waals surface area contributed by atoms with E-state index in [1.807, 2.05) is 6.92 Å². The number of benzene rings is 1. The number of ether oxygens (including phenoxy) is 2. The number of fused-ring (bicyclic) bond motifs is 1. The molecule has 0 radical (unpaired) electrons. The van der Waals surface area contributed by atoms with E-state index in [4.69, 9.17) is 13.9 Å². The molecule has 0 fully saturated rings. The van der Waals surface area contributed by atoms with Crippen LogP contribution in [0.15, 0.2) is 21.5 Å². The van der Waals surface area contributed by atoms with Gasteiger partial charge in [-0.2, -0.15) is 0 Å². The van der Waals surface area contributed by atoms with E-state index in [2.05, 4.69) is 0 Å². The van der Waals surface area contributed by atoms with Crippen molar-refractivity contribution in [2.75, 3.05) is 7.11 Å². The Hall–Kier alpha value is -2.96. The van der Waals surface area contributed by atoms with Gasteiger partial charge in [-0.15, -0.1) is 0 Å². The van der Waals surface area contributed by atoms with Crippen molar-refractivity contribution >= 4 is 5.97 Å². The summed E-state index contributed by atoms with van der Waals surface area (Å²) in [6, 6.07) is 1.14. The second-order valence-corrected chi connectivity index (χ2v) is 7.02. The summed E-state index contributed by atoms with van der Waals surface area (Å²) in [5.74, 6) is -0.942. The summed E-state index contributed by atoms with van der Waals surface area (Å²) in [5.41, 5.74) is 0.717. The SMILES string of the molecule is COC(=O)C1(C)Oc2c(C)c(C)c(O)c(C)c2CC1c1cc(=O)c(O)co1. The van der Waals surface area contributed by atoms with Crippen LogP contribution in [0.4, 0.5) is 0 Å². The summed E-state index contributed by atoms with van der Waals surface area (Å²) in [5, 5.41) is 19.9. The fraction of sp³-hybridized carbons (Fsp3) is 0.400. The molecular formula is C20H22O7. The largest absolute Gasteiger partial charge is 0.507 e. The van der Waals surface area contributed by atoms with Gasteiger partial charge in [0, 0.05) is 11.6 Å². The molecule has 2 aromatic rings. The molecule has 7 heteroatoms. The molecule has 0 saturated carbocycles. The van der Waals surface area contributed by atoms with Crippen molar-refractivity contribution in [3.8, 4) is 17.2 Å². The number of phenols is 1. The lowest BCUT2D eigenvalue weighted by Crippen LogP contribution is -2.51. The molecule has 0 spiro atoms. The Bertz CT molecular complexity index is 989. The topological polar surface area (TPSA) is 106 Å². The molecule has 1 aromatic carbocycles. The first-order chi connectivity index (χ1) is 12.6. The second-order valence-electron chi connectivity index (χ2n) is 7.02. The Morgan fingerprint density at radius 3 is 2.48 bits per heavy atom. The first-order valence-electron chi connectivity index (χ1n) is 8.52. The zero-order chi connectivity index (χ0) is 20.1. The normalized spacial score (nSPS) is 21.3. The van der Waals surface area contributed by atoms with Crippen LogP contribution in [-0.4, -0.2) is 28.9 Å². The second kappa shape index (κ2) is 6.33. The molecular weight excluding hydrogens is 352 g/mol. The number of methoxy groups -OCH3 is 1. The fourth-order valence-electron chi connectivity index (χ4n) is 3.60. The number of carbonyl (C=O) groups excluding carboxylic acids is 1. The summed E-state index contributed by atoms with van der Waals surface area (Å²) in [6.07, 6.45) is 1.23. The van der Waals surface area contributed by atoms with Gasteiger partial charge in [0.1, 0.15) is 23.5 Å². The molecule has 1 aliphatic rings. The average Bonchev–Trinajstić information content (AvgIpc) is 2.65. The third-order valence-corrected chi connectivity index (χ3v) is 5.49. The molecule has 3 rings (SSSR count). The van der Waals surface area contributed by atoms with Crippen molar-refractivity contribution in [3.05, 3.63) is 50.6 Å². The van der Waals surface area contributed by atoms with Crippen molar-refractivity contribution in [2.24, 2.45) is 0 Å². The third kappa shape index (κ3) is 2.74. The minimum atomic E-state index is -1.45. The minimum Gasteiger partial charge on any atom is -0.507 e. The van der Waals surface area contributed by atoms with E-state index in [1.165, 1.54) is 7.11 Å². The van der Waals surface area contributed by atoms with Gasteiger partial charge >= 0.3 is 5.97 Å². The van der Waals surface area contributed by atoms with Crippen molar-refractivity contribution in [2.45, 2.75) is 45.6 Å². The Balaban J connectivity index is 2.25. The number of hydrogen-bond acceptors (Lipinski definition) is 7. The van der Waals surface area contributed by atoms with Gasteiger partial charge in [-0.1, -0.05) is 0 Å². The number of hydrogen-bond donors (Lipinski definition) is 2. The number of carbonyl (C=O) groups is 1. The Labute approximate surface area is 156 Å². The number of aromatic hydroxyl groups is 2. The van der Waals surface area contributed by atoms with Crippen LogP contribution >= 0.6 is 0 Å². The maximum atomic E-state index is 12.6. The molecule has 0 aliphatic carbocycles. The Morgan fingerprint density at radius 1 is 1.22 bits per heavy atom. The van der Waals surface area contributed by atoms with E-state index >= 15 is 0 Å². The van der Waals surface area contributed by atoms with Gasteiger partial charge in [0.2, 0.25) is 11.0 Å². The molecule has 2 atom stereocenters. The van der Waals surface area contributed by atoms with Gasteiger partial charge in [-0.05, 0) is 50.8 Å². The predicted molar refractivity (Wildman–Crippen MR) is 96.5 cm³/mol. The lowest BCUT2D eigenvalue weighted by atomic mass is 9.77. The first-order valence-corrected chi connectivity index (χ1v) is 8.52. The van der Waals surface area contributed by atoms with Crippen LogP contribution in [0.25, 0.3) is 0 Å². The van der Waals surface area contributed by atoms with Crippen LogP contribution in [0, 0.1) is 20.8 Å². The Kier molecular flexibility index (Phi) is 4.41. The molecule has 2 N–H and O–H groups in total. The molecule has 1 aliphatic heterocycles. The quantitative estimate of drug-likeness (QED) is 0.778. The van der Waals surface area contributed by atoms with E-state index in [0.29, 0.717) is 16.9 Å². The van der Waals surface area contributed by atoms with E-state index in [0.717, 1.165) is 23.5 Å². The maximum absolute atomic E-state index is 12.6. The Morgan fingerprint density at radius 2 is 1.89 bits per heavy atom. The zero-order valence-electron chi connectivity index (χ0n) is 15.9. The highest BCUT2D eigenvalue weighted by Crippen LogP contribution is 2.48. The van der Waals surface area contributed by atoms with E-state index in [9.17, 15) is 19.8 Å². The average molecular weight is 374 g/mol. The minimum absolute atomic E-state index is 0.169. The summed E-state index contributed by atoms with van der Waals surface area (Å²) in [4.78, 5) is 24.5. The van der Waals surface area contributed by atoms with Gasteiger partial charge in [0.25, 0.3) is 0 Å².